The molecule has 3 N–H and O–H groups in total. The number of halogens is 1. The van der Waals surface area contributed by atoms with Crippen molar-refractivity contribution in [2.45, 2.75) is 19.3 Å². The molecule has 0 spiro atoms. The highest BCUT2D eigenvalue weighted by molar-refractivity contribution is 9.10. The molecule has 0 aliphatic heterocycles. The molecule has 0 unspecified atom stereocenters. The molecule has 0 radical (unpaired) electrons. The molecule has 0 aliphatic rings. The van der Waals surface area contributed by atoms with Crippen LogP contribution in [0.4, 0.5) is 0 Å². The van der Waals surface area contributed by atoms with E-state index in [1.165, 1.54) is 0 Å². The lowest BCUT2D eigenvalue weighted by atomic mass is 10.1. The van der Waals surface area contributed by atoms with Gasteiger partial charge in [0, 0.05) is 0 Å². The first kappa shape index (κ1) is 10.5. The summed E-state index contributed by atoms with van der Waals surface area (Å²) in [4.78, 5) is 0. The van der Waals surface area contributed by atoms with Crippen LogP contribution >= 0.6 is 15.9 Å². The Kier molecular flexibility index (Phi) is 4.25. The molecule has 0 bridgehead atoms. The van der Waals surface area contributed by atoms with Gasteiger partial charge in [-0.3, -0.25) is 0 Å². The summed E-state index contributed by atoms with van der Waals surface area (Å²) in [7, 11) is 0. The smallest absolute Gasteiger partial charge is 0.130 e. The second-order valence-corrected chi connectivity index (χ2v) is 3.79. The zero-order valence-corrected chi connectivity index (χ0v) is 9.05. The highest BCUT2D eigenvalue weighted by atomic mass is 79.9. The maximum absolute atomic E-state index is 9.39. The number of nitrogens with two attached hydrogens (primary N) is 1. The second kappa shape index (κ2) is 5.25. The van der Waals surface area contributed by atoms with Crippen molar-refractivity contribution in [1.29, 1.82) is 0 Å². The van der Waals surface area contributed by atoms with Gasteiger partial charge in [-0.15, -0.1) is 0 Å². The van der Waals surface area contributed by atoms with Crippen molar-refractivity contribution in [2.75, 3.05) is 6.54 Å². The minimum absolute atomic E-state index is 0.310. The summed E-state index contributed by atoms with van der Waals surface area (Å²) >= 11 is 3.35. The predicted molar refractivity (Wildman–Crippen MR) is 57.8 cm³/mol. The van der Waals surface area contributed by atoms with Crippen molar-refractivity contribution in [3.8, 4) is 5.75 Å². The van der Waals surface area contributed by atoms with Crippen molar-refractivity contribution in [1.82, 2.24) is 0 Å². The van der Waals surface area contributed by atoms with Gasteiger partial charge in [-0.25, -0.2) is 0 Å². The van der Waals surface area contributed by atoms with E-state index in [2.05, 4.69) is 15.9 Å². The van der Waals surface area contributed by atoms with Crippen LogP contribution in [0.15, 0.2) is 22.7 Å². The molecule has 0 saturated carbocycles. The summed E-state index contributed by atoms with van der Waals surface area (Å²) in [6.07, 6.45) is 3.06. The molecule has 13 heavy (non-hydrogen) atoms. The number of aromatic hydroxyl groups is 1. The normalized spacial score (nSPS) is 10.3. The number of aryl methyl sites for hydroxylation is 1. The fourth-order valence-corrected chi connectivity index (χ4v) is 1.68. The number of benzene rings is 1. The van der Waals surface area contributed by atoms with Crippen LogP contribution in [0.2, 0.25) is 0 Å². The van der Waals surface area contributed by atoms with E-state index in [0.717, 1.165) is 35.8 Å². The largest absolute Gasteiger partial charge is 0.507 e. The molecule has 0 heterocycles. The van der Waals surface area contributed by atoms with Gasteiger partial charge in [0.25, 0.3) is 0 Å². The van der Waals surface area contributed by atoms with Crippen LogP contribution in [0.25, 0.3) is 0 Å². The number of phenolic OH excluding ortho intramolecular Hbond substituents is 1. The van der Waals surface area contributed by atoms with Crippen molar-refractivity contribution >= 4 is 15.9 Å². The molecular weight excluding hydrogens is 230 g/mol. The maximum Gasteiger partial charge on any atom is 0.130 e. The minimum atomic E-state index is 0.310. The Balaban J connectivity index is 2.61. The Labute approximate surface area is 86.9 Å². The Hall–Kier alpha value is -0.540. The number of rotatable bonds is 4. The Morgan fingerprint density at radius 3 is 2.77 bits per heavy atom. The Bertz CT molecular complexity index is 276. The van der Waals surface area contributed by atoms with Crippen LogP contribution in [-0.4, -0.2) is 11.7 Å². The van der Waals surface area contributed by atoms with Gasteiger partial charge in [0.15, 0.2) is 0 Å². The standard InChI is InChI=1S/C10H14BrNO/c11-10-8(4-1-2-7-12)5-3-6-9(10)13/h3,5-6,13H,1-2,4,7,12H2. The van der Waals surface area contributed by atoms with Gasteiger partial charge in [0.2, 0.25) is 0 Å². The SMILES string of the molecule is NCCCCc1cccc(O)c1Br. The quantitative estimate of drug-likeness (QED) is 0.799. The van der Waals surface area contributed by atoms with E-state index in [9.17, 15) is 5.11 Å². The third-order valence-electron chi connectivity index (χ3n) is 1.96. The van der Waals surface area contributed by atoms with E-state index in [4.69, 9.17) is 5.73 Å². The third kappa shape index (κ3) is 3.01. The maximum atomic E-state index is 9.39. The lowest BCUT2D eigenvalue weighted by Crippen LogP contribution is -1.99. The molecule has 1 aromatic rings. The summed E-state index contributed by atoms with van der Waals surface area (Å²) < 4.78 is 0.812. The van der Waals surface area contributed by atoms with E-state index in [0.29, 0.717) is 5.75 Å². The molecule has 1 rings (SSSR count). The summed E-state index contributed by atoms with van der Waals surface area (Å²) in [5.74, 6) is 0.310. The first-order valence-corrected chi connectivity index (χ1v) is 5.21. The van der Waals surface area contributed by atoms with Crippen LogP contribution in [0.3, 0.4) is 0 Å². The fourth-order valence-electron chi connectivity index (χ4n) is 1.22. The Morgan fingerprint density at radius 2 is 2.08 bits per heavy atom. The lowest BCUT2D eigenvalue weighted by Gasteiger charge is -2.04. The van der Waals surface area contributed by atoms with E-state index in [1.54, 1.807) is 6.07 Å². The molecule has 0 saturated heterocycles. The van der Waals surface area contributed by atoms with Gasteiger partial charge < -0.3 is 10.8 Å². The first-order chi connectivity index (χ1) is 6.25. The van der Waals surface area contributed by atoms with Crippen molar-refractivity contribution in [2.24, 2.45) is 5.73 Å². The van der Waals surface area contributed by atoms with Crippen LogP contribution in [0.1, 0.15) is 18.4 Å². The zero-order chi connectivity index (χ0) is 9.68. The molecular formula is C10H14BrNO. The molecule has 0 aromatic heterocycles. The van der Waals surface area contributed by atoms with Gasteiger partial charge >= 0.3 is 0 Å². The van der Waals surface area contributed by atoms with Crippen molar-refractivity contribution in [3.63, 3.8) is 0 Å². The van der Waals surface area contributed by atoms with E-state index in [1.807, 2.05) is 12.1 Å². The monoisotopic (exact) mass is 243 g/mol. The first-order valence-electron chi connectivity index (χ1n) is 4.42. The number of unbranched alkanes of at least 4 members (excludes halogenated alkanes) is 1. The van der Waals surface area contributed by atoms with E-state index >= 15 is 0 Å². The molecule has 0 aliphatic carbocycles. The second-order valence-electron chi connectivity index (χ2n) is 3.00. The van der Waals surface area contributed by atoms with Gasteiger partial charge in [0.1, 0.15) is 5.75 Å². The molecule has 0 atom stereocenters. The summed E-state index contributed by atoms with van der Waals surface area (Å²) in [6, 6.07) is 5.55. The molecule has 0 fully saturated rings. The molecule has 0 amide bonds. The Morgan fingerprint density at radius 1 is 1.31 bits per heavy atom. The van der Waals surface area contributed by atoms with Crippen LogP contribution < -0.4 is 5.73 Å². The van der Waals surface area contributed by atoms with Crippen LogP contribution in [0, 0.1) is 0 Å². The lowest BCUT2D eigenvalue weighted by molar-refractivity contribution is 0.470. The van der Waals surface area contributed by atoms with Crippen LogP contribution in [0.5, 0.6) is 5.75 Å². The highest BCUT2D eigenvalue weighted by Gasteiger charge is 2.02. The molecule has 2 nitrogen and oxygen atoms in total. The predicted octanol–water partition coefficient (Wildman–Crippen LogP) is 2.44. The summed E-state index contributed by atoms with van der Waals surface area (Å²) in [6.45, 7) is 0.733. The number of hydrogen-bond acceptors (Lipinski definition) is 2. The zero-order valence-electron chi connectivity index (χ0n) is 7.46. The molecule has 3 heteroatoms. The van der Waals surface area contributed by atoms with Gasteiger partial charge in [0.05, 0.1) is 4.47 Å². The van der Waals surface area contributed by atoms with Crippen molar-refractivity contribution in [3.05, 3.63) is 28.2 Å². The highest BCUT2D eigenvalue weighted by Crippen LogP contribution is 2.28. The average molecular weight is 244 g/mol. The topological polar surface area (TPSA) is 46.2 Å². The molecule has 1 aromatic carbocycles. The third-order valence-corrected chi connectivity index (χ3v) is 2.87. The average Bonchev–Trinajstić information content (AvgIpc) is 2.13. The van der Waals surface area contributed by atoms with Gasteiger partial charge in [-0.1, -0.05) is 12.1 Å². The van der Waals surface area contributed by atoms with Gasteiger partial charge in [-0.05, 0) is 53.4 Å². The van der Waals surface area contributed by atoms with E-state index in [-0.39, 0.29) is 0 Å². The van der Waals surface area contributed by atoms with Gasteiger partial charge in [-0.2, -0.15) is 0 Å². The number of phenols is 1. The van der Waals surface area contributed by atoms with Crippen molar-refractivity contribution < 1.29 is 5.11 Å². The van der Waals surface area contributed by atoms with E-state index < -0.39 is 0 Å². The molecule has 72 valence electrons. The summed E-state index contributed by atoms with van der Waals surface area (Å²) in [5.41, 5.74) is 6.55. The fraction of sp³-hybridized carbons (Fsp3) is 0.400. The van der Waals surface area contributed by atoms with Crippen LogP contribution in [-0.2, 0) is 6.42 Å². The summed E-state index contributed by atoms with van der Waals surface area (Å²) in [5, 5.41) is 9.39. The minimum Gasteiger partial charge on any atom is -0.507 e. The number of hydrogen-bond donors (Lipinski definition) is 2.